The second kappa shape index (κ2) is 8.67. The quantitative estimate of drug-likeness (QED) is 0.694. The average molecular weight is 411 g/mol. The fourth-order valence-corrected chi connectivity index (χ4v) is 2.96. The second-order valence-corrected chi connectivity index (χ2v) is 7.37. The molecule has 0 aliphatic rings. The first-order valence-electron chi connectivity index (χ1n) is 9.18. The summed E-state index contributed by atoms with van der Waals surface area (Å²) in [7, 11) is 0. The van der Waals surface area contributed by atoms with Gasteiger partial charge in [-0.2, -0.15) is 18.3 Å². The van der Waals surface area contributed by atoms with E-state index in [1.165, 1.54) is 18.3 Å². The van der Waals surface area contributed by atoms with Gasteiger partial charge in [0.15, 0.2) is 0 Å². The SMILES string of the molecule is CC(C)N(C(=O)C(Cc1cnn(C(C)C)c1)C(=O)O)c1cccc(C(F)(F)F)c1. The van der Waals surface area contributed by atoms with Gasteiger partial charge in [0.25, 0.3) is 0 Å². The molecule has 0 saturated heterocycles. The van der Waals surface area contributed by atoms with E-state index in [9.17, 15) is 27.9 Å². The number of nitrogens with zero attached hydrogens (tertiary/aromatic N) is 3. The second-order valence-electron chi connectivity index (χ2n) is 7.37. The largest absolute Gasteiger partial charge is 0.481 e. The third-order valence-corrected chi connectivity index (χ3v) is 4.43. The normalized spacial score (nSPS) is 13.0. The first kappa shape index (κ1) is 22.4. The summed E-state index contributed by atoms with van der Waals surface area (Å²) in [5, 5.41) is 13.8. The van der Waals surface area contributed by atoms with Crippen molar-refractivity contribution < 1.29 is 27.9 Å². The molecule has 0 radical (unpaired) electrons. The number of amides is 1. The van der Waals surface area contributed by atoms with Crippen LogP contribution in [0.1, 0.15) is 44.9 Å². The van der Waals surface area contributed by atoms with Crippen molar-refractivity contribution in [3.63, 3.8) is 0 Å². The number of carboxylic acids is 1. The third kappa shape index (κ3) is 5.36. The molecule has 29 heavy (non-hydrogen) atoms. The number of benzene rings is 1. The number of aliphatic carboxylic acids is 1. The molecular weight excluding hydrogens is 387 g/mol. The van der Waals surface area contributed by atoms with Gasteiger partial charge in [-0.15, -0.1) is 0 Å². The van der Waals surface area contributed by atoms with Gasteiger partial charge in [0.05, 0.1) is 11.8 Å². The van der Waals surface area contributed by atoms with Gasteiger partial charge in [-0.05, 0) is 57.9 Å². The van der Waals surface area contributed by atoms with E-state index in [1.807, 2.05) is 13.8 Å². The molecule has 9 heteroatoms. The fraction of sp³-hybridized carbons (Fsp3) is 0.450. The zero-order valence-electron chi connectivity index (χ0n) is 16.6. The van der Waals surface area contributed by atoms with E-state index in [-0.39, 0.29) is 18.2 Å². The Labute approximate surface area is 166 Å². The van der Waals surface area contributed by atoms with Crippen molar-refractivity contribution in [2.24, 2.45) is 5.92 Å². The Kier molecular flexibility index (Phi) is 6.71. The van der Waals surface area contributed by atoms with Gasteiger partial charge >= 0.3 is 12.1 Å². The minimum Gasteiger partial charge on any atom is -0.481 e. The first-order chi connectivity index (χ1) is 13.4. The molecule has 1 aromatic heterocycles. The van der Waals surface area contributed by atoms with Gasteiger partial charge in [-0.3, -0.25) is 14.3 Å². The number of carbonyl (C=O) groups is 2. The lowest BCUT2D eigenvalue weighted by Crippen LogP contribution is -2.44. The van der Waals surface area contributed by atoms with Crippen molar-refractivity contribution >= 4 is 17.6 Å². The van der Waals surface area contributed by atoms with E-state index in [0.717, 1.165) is 17.0 Å². The number of hydrogen-bond acceptors (Lipinski definition) is 3. The Morgan fingerprint density at radius 2 is 1.86 bits per heavy atom. The number of alkyl halides is 3. The number of carboxylic acid groups (broad SMARTS) is 1. The molecule has 0 aliphatic heterocycles. The summed E-state index contributed by atoms with van der Waals surface area (Å²) >= 11 is 0. The van der Waals surface area contributed by atoms with Crippen LogP contribution in [0.5, 0.6) is 0 Å². The summed E-state index contributed by atoms with van der Waals surface area (Å²) < 4.78 is 40.8. The molecule has 0 fully saturated rings. The standard InChI is InChI=1S/C20H24F3N3O3/c1-12(2)25-11-14(10-24-25)8-17(19(28)29)18(27)26(13(3)4)16-7-5-6-15(9-16)20(21,22)23/h5-7,9-13,17H,8H2,1-4H3,(H,28,29). The molecule has 1 aromatic carbocycles. The number of aromatic nitrogens is 2. The average Bonchev–Trinajstić information content (AvgIpc) is 3.07. The highest BCUT2D eigenvalue weighted by Gasteiger charge is 2.35. The summed E-state index contributed by atoms with van der Waals surface area (Å²) in [6.07, 6.45) is -1.52. The lowest BCUT2D eigenvalue weighted by Gasteiger charge is -2.30. The fourth-order valence-electron chi connectivity index (χ4n) is 2.96. The Morgan fingerprint density at radius 1 is 1.21 bits per heavy atom. The molecule has 1 unspecified atom stereocenters. The third-order valence-electron chi connectivity index (χ3n) is 4.43. The van der Waals surface area contributed by atoms with Gasteiger partial charge in [-0.1, -0.05) is 6.07 Å². The van der Waals surface area contributed by atoms with Crippen LogP contribution in [-0.2, 0) is 22.2 Å². The van der Waals surface area contributed by atoms with E-state index in [1.54, 1.807) is 24.7 Å². The van der Waals surface area contributed by atoms with Gasteiger partial charge in [0.2, 0.25) is 5.91 Å². The van der Waals surface area contributed by atoms with Gasteiger partial charge < -0.3 is 10.0 Å². The van der Waals surface area contributed by atoms with Crippen molar-refractivity contribution in [3.05, 3.63) is 47.8 Å². The molecular formula is C20H24F3N3O3. The number of halogens is 3. The predicted molar refractivity (Wildman–Crippen MR) is 102 cm³/mol. The zero-order valence-corrected chi connectivity index (χ0v) is 16.6. The van der Waals surface area contributed by atoms with Crippen LogP contribution in [0.25, 0.3) is 0 Å². The molecule has 0 bridgehead atoms. The molecule has 0 spiro atoms. The molecule has 1 N–H and O–H groups in total. The summed E-state index contributed by atoms with van der Waals surface area (Å²) in [6, 6.07) is 3.85. The van der Waals surface area contributed by atoms with Crippen molar-refractivity contribution in [1.82, 2.24) is 9.78 Å². The molecule has 2 aromatic rings. The summed E-state index contributed by atoms with van der Waals surface area (Å²) in [4.78, 5) is 26.0. The van der Waals surface area contributed by atoms with Crippen LogP contribution in [0, 0.1) is 5.92 Å². The highest BCUT2D eigenvalue weighted by molar-refractivity contribution is 6.06. The monoisotopic (exact) mass is 411 g/mol. The molecule has 6 nitrogen and oxygen atoms in total. The highest BCUT2D eigenvalue weighted by Crippen LogP contribution is 2.32. The summed E-state index contributed by atoms with van der Waals surface area (Å²) in [5.74, 6) is -3.56. The maximum absolute atomic E-state index is 13.1. The number of hydrogen-bond donors (Lipinski definition) is 1. The Bertz CT molecular complexity index is 875. The maximum atomic E-state index is 13.1. The van der Waals surface area contributed by atoms with Crippen molar-refractivity contribution in [3.8, 4) is 0 Å². The minimum absolute atomic E-state index is 0.00366. The zero-order chi connectivity index (χ0) is 21.9. The van der Waals surface area contributed by atoms with Crippen molar-refractivity contribution in [1.29, 1.82) is 0 Å². The Morgan fingerprint density at radius 3 is 2.34 bits per heavy atom. The lowest BCUT2D eigenvalue weighted by atomic mass is 9.98. The van der Waals surface area contributed by atoms with E-state index < -0.39 is 35.6 Å². The number of carbonyl (C=O) groups excluding carboxylic acids is 1. The van der Waals surface area contributed by atoms with Crippen LogP contribution in [0.15, 0.2) is 36.7 Å². The lowest BCUT2D eigenvalue weighted by molar-refractivity contribution is -0.146. The van der Waals surface area contributed by atoms with E-state index in [2.05, 4.69) is 5.10 Å². The number of rotatable bonds is 7. The van der Waals surface area contributed by atoms with E-state index >= 15 is 0 Å². The molecule has 0 saturated carbocycles. The van der Waals surface area contributed by atoms with E-state index in [4.69, 9.17) is 0 Å². The van der Waals surface area contributed by atoms with Gasteiger partial charge in [0, 0.05) is 24.0 Å². The number of anilines is 1. The van der Waals surface area contributed by atoms with Crippen molar-refractivity contribution in [2.45, 2.75) is 52.4 Å². The first-order valence-corrected chi connectivity index (χ1v) is 9.18. The maximum Gasteiger partial charge on any atom is 0.416 e. The van der Waals surface area contributed by atoms with Gasteiger partial charge in [0.1, 0.15) is 5.92 Å². The van der Waals surface area contributed by atoms with E-state index in [0.29, 0.717) is 5.56 Å². The Balaban J connectivity index is 2.37. The Hall–Kier alpha value is -2.84. The van der Waals surface area contributed by atoms with Crippen molar-refractivity contribution in [2.75, 3.05) is 4.90 Å². The summed E-state index contributed by atoms with van der Waals surface area (Å²) in [6.45, 7) is 7.05. The minimum atomic E-state index is -4.57. The topological polar surface area (TPSA) is 75.4 Å². The molecule has 1 heterocycles. The molecule has 0 aliphatic carbocycles. The highest BCUT2D eigenvalue weighted by atomic mass is 19.4. The smallest absolute Gasteiger partial charge is 0.416 e. The van der Waals surface area contributed by atoms with Crippen LogP contribution in [0.4, 0.5) is 18.9 Å². The molecule has 1 amide bonds. The van der Waals surface area contributed by atoms with Crippen LogP contribution >= 0.6 is 0 Å². The summed E-state index contributed by atoms with van der Waals surface area (Å²) in [5.41, 5.74) is -0.338. The molecule has 2 rings (SSSR count). The predicted octanol–water partition coefficient (Wildman–Crippen LogP) is 4.17. The van der Waals surface area contributed by atoms with Crippen LogP contribution in [0.2, 0.25) is 0 Å². The van der Waals surface area contributed by atoms with Crippen LogP contribution in [-0.4, -0.2) is 32.8 Å². The van der Waals surface area contributed by atoms with Crippen LogP contribution in [0.3, 0.4) is 0 Å². The van der Waals surface area contributed by atoms with Gasteiger partial charge in [-0.25, -0.2) is 0 Å². The molecule has 158 valence electrons. The molecule has 1 atom stereocenters. The van der Waals surface area contributed by atoms with Crippen LogP contribution < -0.4 is 4.90 Å².